The molecule has 1 saturated heterocycles. The molecule has 0 amide bonds. The highest BCUT2D eigenvalue weighted by Crippen LogP contribution is 2.28. The van der Waals surface area contributed by atoms with Crippen LogP contribution in [-0.4, -0.2) is 19.4 Å². The lowest BCUT2D eigenvalue weighted by molar-refractivity contribution is 0.112. The number of carbonyl (C=O) groups excluding carboxylic acids is 1. The summed E-state index contributed by atoms with van der Waals surface area (Å²) in [6.07, 6.45) is 4.61. The van der Waals surface area contributed by atoms with Crippen LogP contribution in [0.4, 0.5) is 5.69 Å². The zero-order valence-corrected chi connectivity index (χ0v) is 12.3. The van der Waals surface area contributed by atoms with Crippen molar-refractivity contribution in [1.82, 2.24) is 0 Å². The van der Waals surface area contributed by atoms with Crippen LogP contribution in [0, 0.1) is 5.92 Å². The molecule has 2 heterocycles. The summed E-state index contributed by atoms with van der Waals surface area (Å²) in [4.78, 5) is 14.0. The Hall–Kier alpha value is -1.61. The number of thiophene rings is 1. The monoisotopic (exact) mass is 285 g/mol. The second kappa shape index (κ2) is 6.23. The van der Waals surface area contributed by atoms with E-state index in [9.17, 15) is 4.79 Å². The molecule has 1 fully saturated rings. The largest absolute Gasteiger partial charge is 0.371 e. The molecule has 0 radical (unpaired) electrons. The van der Waals surface area contributed by atoms with Crippen LogP contribution < -0.4 is 4.90 Å². The van der Waals surface area contributed by atoms with Crippen molar-refractivity contribution in [3.8, 4) is 0 Å². The smallest absolute Gasteiger partial charge is 0.160 e. The van der Waals surface area contributed by atoms with E-state index in [1.165, 1.54) is 41.9 Å². The number of hydrogen-bond donors (Lipinski definition) is 0. The minimum Gasteiger partial charge on any atom is -0.371 e. The molecule has 0 atom stereocenters. The third-order valence-electron chi connectivity index (χ3n) is 4.07. The van der Waals surface area contributed by atoms with Gasteiger partial charge in [0.2, 0.25) is 0 Å². The maximum absolute atomic E-state index is 10.7. The zero-order chi connectivity index (χ0) is 13.8. The van der Waals surface area contributed by atoms with E-state index >= 15 is 0 Å². The molecule has 2 aromatic rings. The first-order valence-corrected chi connectivity index (χ1v) is 8.05. The molecule has 0 saturated carbocycles. The molecule has 1 aromatic carbocycles. The maximum Gasteiger partial charge on any atom is 0.160 e. The van der Waals surface area contributed by atoms with Crippen LogP contribution in [0.15, 0.2) is 41.8 Å². The number of carbonyl (C=O) groups is 1. The molecule has 104 valence electrons. The third kappa shape index (κ3) is 3.10. The lowest BCUT2D eigenvalue weighted by Crippen LogP contribution is -2.34. The Balaban J connectivity index is 1.55. The van der Waals surface area contributed by atoms with Crippen molar-refractivity contribution in [3.05, 3.63) is 52.2 Å². The van der Waals surface area contributed by atoms with Gasteiger partial charge in [0.1, 0.15) is 0 Å². The van der Waals surface area contributed by atoms with Crippen LogP contribution in [0.3, 0.4) is 0 Å². The van der Waals surface area contributed by atoms with Crippen molar-refractivity contribution in [1.29, 1.82) is 0 Å². The summed E-state index contributed by atoms with van der Waals surface area (Å²) in [5, 5.41) is 2.10. The Kier molecular flexibility index (Phi) is 4.16. The molecule has 2 nitrogen and oxygen atoms in total. The molecular formula is C17H19NOS. The van der Waals surface area contributed by atoms with Gasteiger partial charge >= 0.3 is 0 Å². The number of piperidine rings is 1. The van der Waals surface area contributed by atoms with Crippen LogP contribution in [0.25, 0.3) is 0 Å². The molecular weight excluding hydrogens is 266 g/mol. The van der Waals surface area contributed by atoms with Gasteiger partial charge in [0.05, 0.1) is 4.88 Å². The fraction of sp³-hybridized carbons (Fsp3) is 0.353. The molecule has 3 heteroatoms. The van der Waals surface area contributed by atoms with Crippen molar-refractivity contribution in [2.75, 3.05) is 18.0 Å². The summed E-state index contributed by atoms with van der Waals surface area (Å²) in [6.45, 7) is 2.21. The number of hydrogen-bond acceptors (Lipinski definition) is 3. The normalized spacial score (nSPS) is 16.3. The first-order valence-electron chi connectivity index (χ1n) is 7.18. The number of rotatable bonds is 4. The minimum absolute atomic E-state index is 0.790. The lowest BCUT2D eigenvalue weighted by Gasteiger charge is -2.33. The average molecular weight is 285 g/mol. The first-order chi connectivity index (χ1) is 9.85. The van der Waals surface area contributed by atoms with Crippen LogP contribution in [0.1, 0.15) is 28.1 Å². The second-order valence-corrected chi connectivity index (χ2v) is 6.39. The van der Waals surface area contributed by atoms with Gasteiger partial charge in [0, 0.05) is 24.2 Å². The van der Waals surface area contributed by atoms with Crippen molar-refractivity contribution in [2.45, 2.75) is 19.3 Å². The van der Waals surface area contributed by atoms with E-state index in [0.29, 0.717) is 0 Å². The van der Waals surface area contributed by atoms with E-state index in [2.05, 4.69) is 40.6 Å². The fourth-order valence-corrected chi connectivity index (χ4v) is 3.63. The van der Waals surface area contributed by atoms with Gasteiger partial charge in [-0.1, -0.05) is 30.3 Å². The van der Waals surface area contributed by atoms with Crippen molar-refractivity contribution in [2.24, 2.45) is 5.92 Å². The predicted octanol–water partition coefficient (Wildman–Crippen LogP) is 4.02. The average Bonchev–Trinajstić information content (AvgIpc) is 2.98. The molecule has 1 aliphatic rings. The van der Waals surface area contributed by atoms with E-state index in [0.717, 1.165) is 30.2 Å². The Morgan fingerprint density at radius 2 is 1.95 bits per heavy atom. The van der Waals surface area contributed by atoms with Crippen molar-refractivity contribution in [3.63, 3.8) is 0 Å². The zero-order valence-electron chi connectivity index (χ0n) is 11.5. The molecule has 1 aliphatic heterocycles. The highest BCUT2D eigenvalue weighted by Gasteiger charge is 2.20. The Morgan fingerprint density at radius 3 is 2.60 bits per heavy atom. The van der Waals surface area contributed by atoms with Crippen LogP contribution >= 0.6 is 11.3 Å². The summed E-state index contributed by atoms with van der Waals surface area (Å²) in [6, 6.07) is 12.8. The maximum atomic E-state index is 10.7. The quantitative estimate of drug-likeness (QED) is 0.791. The van der Waals surface area contributed by atoms with Gasteiger partial charge in [-0.25, -0.2) is 0 Å². The number of anilines is 1. The molecule has 0 unspecified atom stereocenters. The molecule has 0 N–H and O–H groups in total. The SMILES string of the molecule is O=Cc1cc(N2CCC(Cc3ccccc3)CC2)cs1. The summed E-state index contributed by atoms with van der Waals surface area (Å²) in [7, 11) is 0. The molecule has 0 spiro atoms. The predicted molar refractivity (Wildman–Crippen MR) is 84.8 cm³/mol. The molecule has 0 aliphatic carbocycles. The summed E-state index contributed by atoms with van der Waals surface area (Å²) in [5.74, 6) is 0.790. The van der Waals surface area contributed by atoms with Crippen molar-refractivity contribution >= 4 is 23.3 Å². The van der Waals surface area contributed by atoms with Crippen LogP contribution in [0.2, 0.25) is 0 Å². The van der Waals surface area contributed by atoms with Crippen LogP contribution in [-0.2, 0) is 6.42 Å². The van der Waals surface area contributed by atoms with E-state index in [1.54, 1.807) is 0 Å². The van der Waals surface area contributed by atoms with Gasteiger partial charge in [-0.05, 0) is 36.8 Å². The molecule has 0 bridgehead atoms. The van der Waals surface area contributed by atoms with Gasteiger partial charge in [-0.3, -0.25) is 4.79 Å². The van der Waals surface area contributed by atoms with E-state index < -0.39 is 0 Å². The van der Waals surface area contributed by atoms with E-state index in [4.69, 9.17) is 0 Å². The summed E-state index contributed by atoms with van der Waals surface area (Å²) >= 11 is 1.54. The number of benzene rings is 1. The second-order valence-electron chi connectivity index (χ2n) is 5.45. The topological polar surface area (TPSA) is 20.3 Å². The van der Waals surface area contributed by atoms with Gasteiger partial charge in [-0.2, -0.15) is 0 Å². The fourth-order valence-electron chi connectivity index (χ4n) is 2.91. The molecule has 1 aromatic heterocycles. The third-order valence-corrected chi connectivity index (χ3v) is 4.91. The lowest BCUT2D eigenvalue weighted by atomic mass is 9.90. The number of nitrogens with zero attached hydrogens (tertiary/aromatic N) is 1. The minimum atomic E-state index is 0.790. The molecule has 20 heavy (non-hydrogen) atoms. The first kappa shape index (κ1) is 13.4. The number of aldehydes is 1. The summed E-state index contributed by atoms with van der Waals surface area (Å²) in [5.41, 5.74) is 2.67. The van der Waals surface area contributed by atoms with Gasteiger partial charge in [0.25, 0.3) is 0 Å². The highest BCUT2D eigenvalue weighted by atomic mass is 32.1. The molecule has 3 rings (SSSR count). The van der Waals surface area contributed by atoms with Gasteiger partial charge < -0.3 is 4.90 Å². The summed E-state index contributed by atoms with van der Waals surface area (Å²) < 4.78 is 0. The van der Waals surface area contributed by atoms with Gasteiger partial charge in [-0.15, -0.1) is 11.3 Å². The Morgan fingerprint density at radius 1 is 1.20 bits per heavy atom. The van der Waals surface area contributed by atoms with Crippen molar-refractivity contribution < 1.29 is 4.79 Å². The van der Waals surface area contributed by atoms with E-state index in [-0.39, 0.29) is 0 Å². The Bertz CT molecular complexity index is 555. The van der Waals surface area contributed by atoms with E-state index in [1.807, 2.05) is 6.07 Å². The van der Waals surface area contributed by atoms with Crippen LogP contribution in [0.5, 0.6) is 0 Å². The Labute approximate surface area is 124 Å². The highest BCUT2D eigenvalue weighted by molar-refractivity contribution is 7.12. The van der Waals surface area contributed by atoms with Gasteiger partial charge in [0.15, 0.2) is 6.29 Å². The standard InChI is InChI=1S/C17H19NOS/c19-12-17-11-16(13-20-17)18-8-6-15(7-9-18)10-14-4-2-1-3-5-14/h1-5,11-13,15H,6-10H2.